The molecule has 0 radical (unpaired) electrons. The molecule has 0 saturated carbocycles. The van der Waals surface area contributed by atoms with Crippen LogP contribution in [0.15, 0.2) is 45.9 Å². The number of nitrogens with zero attached hydrogens (tertiary/aromatic N) is 2. The zero-order valence-electron chi connectivity index (χ0n) is 11.7. The summed E-state index contributed by atoms with van der Waals surface area (Å²) in [5.74, 6) is -0.346. The van der Waals surface area contributed by atoms with E-state index in [2.05, 4.69) is 10.5 Å². The van der Waals surface area contributed by atoms with Gasteiger partial charge in [0.15, 0.2) is 0 Å². The van der Waals surface area contributed by atoms with Crippen molar-refractivity contribution < 1.29 is 17.7 Å². The number of nitrogens with one attached hydrogen (secondary N) is 1. The van der Waals surface area contributed by atoms with Gasteiger partial charge in [0.2, 0.25) is 15.8 Å². The molecule has 1 saturated heterocycles. The lowest BCUT2D eigenvalue weighted by Crippen LogP contribution is -2.27. The molecule has 7 nitrogen and oxygen atoms in total. The predicted octanol–water partition coefficient (Wildman–Crippen LogP) is 1.71. The minimum absolute atomic E-state index is 0.0914. The second-order valence-electron chi connectivity index (χ2n) is 4.97. The van der Waals surface area contributed by atoms with E-state index >= 15 is 0 Å². The van der Waals surface area contributed by atoms with Gasteiger partial charge in [-0.1, -0.05) is 5.16 Å². The van der Waals surface area contributed by atoms with Crippen LogP contribution in [0.3, 0.4) is 0 Å². The zero-order valence-corrected chi connectivity index (χ0v) is 12.5. The molecule has 0 spiro atoms. The van der Waals surface area contributed by atoms with E-state index in [1.54, 1.807) is 12.1 Å². The van der Waals surface area contributed by atoms with Crippen LogP contribution >= 0.6 is 0 Å². The molecule has 0 atom stereocenters. The first-order valence-electron chi connectivity index (χ1n) is 6.89. The third-order valence-corrected chi connectivity index (χ3v) is 5.39. The number of anilines is 1. The van der Waals surface area contributed by atoms with E-state index in [4.69, 9.17) is 4.52 Å². The smallest absolute Gasteiger partial charge is 0.294 e. The first-order chi connectivity index (χ1) is 10.6. The standard InChI is InChI=1S/C14H15N3O4S/c18-14(13-7-8-15-21-13)16-11-3-5-12(6-4-11)22(19,20)17-9-1-2-10-17/h3-8H,1-2,9-10H2,(H,16,18). The van der Waals surface area contributed by atoms with Gasteiger partial charge < -0.3 is 9.84 Å². The fourth-order valence-corrected chi connectivity index (χ4v) is 3.83. The summed E-state index contributed by atoms with van der Waals surface area (Å²) in [6.07, 6.45) is 3.16. The van der Waals surface area contributed by atoms with Crippen molar-refractivity contribution in [1.29, 1.82) is 0 Å². The van der Waals surface area contributed by atoms with Crippen molar-refractivity contribution in [3.8, 4) is 0 Å². The summed E-state index contributed by atoms with van der Waals surface area (Å²) in [5.41, 5.74) is 0.488. The molecule has 0 unspecified atom stereocenters. The number of rotatable bonds is 4. The summed E-state index contributed by atoms with van der Waals surface area (Å²) >= 11 is 0. The van der Waals surface area contributed by atoms with Gasteiger partial charge in [-0.3, -0.25) is 4.79 Å². The molecule has 8 heteroatoms. The molecule has 1 aromatic heterocycles. The molecule has 1 N–H and O–H groups in total. The summed E-state index contributed by atoms with van der Waals surface area (Å²) in [6.45, 7) is 1.12. The number of benzene rings is 1. The molecule has 1 amide bonds. The van der Waals surface area contributed by atoms with Gasteiger partial charge in [0.25, 0.3) is 5.91 Å². The van der Waals surface area contributed by atoms with Gasteiger partial charge in [0.05, 0.1) is 11.1 Å². The Morgan fingerprint density at radius 3 is 2.41 bits per heavy atom. The third-order valence-electron chi connectivity index (χ3n) is 3.48. The van der Waals surface area contributed by atoms with Crippen LogP contribution in [0.25, 0.3) is 0 Å². The number of amides is 1. The van der Waals surface area contributed by atoms with E-state index < -0.39 is 15.9 Å². The van der Waals surface area contributed by atoms with Gasteiger partial charge in [-0.15, -0.1) is 0 Å². The molecule has 2 heterocycles. The molecular formula is C14H15N3O4S. The van der Waals surface area contributed by atoms with Crippen molar-refractivity contribution in [3.05, 3.63) is 42.3 Å². The number of carbonyl (C=O) groups is 1. The van der Waals surface area contributed by atoms with Gasteiger partial charge in [0, 0.05) is 24.8 Å². The Hall–Kier alpha value is -2.19. The van der Waals surface area contributed by atoms with E-state index in [9.17, 15) is 13.2 Å². The van der Waals surface area contributed by atoms with Crippen molar-refractivity contribution in [2.75, 3.05) is 18.4 Å². The second kappa shape index (κ2) is 5.90. The average molecular weight is 321 g/mol. The minimum atomic E-state index is -3.44. The first-order valence-corrected chi connectivity index (χ1v) is 8.33. The number of aromatic nitrogens is 1. The Morgan fingerprint density at radius 2 is 1.82 bits per heavy atom. The van der Waals surface area contributed by atoms with E-state index in [0.29, 0.717) is 18.8 Å². The van der Waals surface area contributed by atoms with Crippen LogP contribution in [0.1, 0.15) is 23.4 Å². The Morgan fingerprint density at radius 1 is 1.14 bits per heavy atom. The van der Waals surface area contributed by atoms with Gasteiger partial charge >= 0.3 is 0 Å². The Labute approximate surface area is 128 Å². The van der Waals surface area contributed by atoms with Crippen molar-refractivity contribution >= 4 is 21.6 Å². The highest BCUT2D eigenvalue weighted by atomic mass is 32.2. The number of hydrogen-bond acceptors (Lipinski definition) is 5. The zero-order chi connectivity index (χ0) is 15.6. The SMILES string of the molecule is O=C(Nc1ccc(S(=O)(=O)N2CCCC2)cc1)c1ccno1. The monoisotopic (exact) mass is 321 g/mol. The van der Waals surface area contributed by atoms with Crippen LogP contribution in [-0.2, 0) is 10.0 Å². The summed E-state index contributed by atoms with van der Waals surface area (Å²) in [4.78, 5) is 12.0. The van der Waals surface area contributed by atoms with E-state index in [1.807, 2.05) is 0 Å². The van der Waals surface area contributed by atoms with Gasteiger partial charge in [0.1, 0.15) is 0 Å². The van der Waals surface area contributed by atoms with Crippen molar-refractivity contribution in [2.45, 2.75) is 17.7 Å². The summed E-state index contributed by atoms with van der Waals surface area (Å²) in [5, 5.41) is 6.07. The molecular weight excluding hydrogens is 306 g/mol. The lowest BCUT2D eigenvalue weighted by atomic mass is 10.3. The van der Waals surface area contributed by atoms with Crippen molar-refractivity contribution in [2.24, 2.45) is 0 Å². The minimum Gasteiger partial charge on any atom is -0.351 e. The molecule has 0 aliphatic carbocycles. The van der Waals surface area contributed by atoms with Crippen LogP contribution in [-0.4, -0.2) is 36.9 Å². The van der Waals surface area contributed by atoms with Gasteiger partial charge in [-0.2, -0.15) is 4.31 Å². The molecule has 116 valence electrons. The largest absolute Gasteiger partial charge is 0.351 e. The maximum Gasteiger partial charge on any atom is 0.294 e. The Bertz CT molecular complexity index is 748. The Balaban J connectivity index is 1.74. The first kappa shape index (κ1) is 14.7. The lowest BCUT2D eigenvalue weighted by molar-refractivity contribution is 0.0988. The molecule has 1 fully saturated rings. The second-order valence-corrected chi connectivity index (χ2v) is 6.90. The number of carbonyl (C=O) groups excluding carboxylic acids is 1. The van der Waals surface area contributed by atoms with E-state index in [0.717, 1.165) is 12.8 Å². The molecule has 1 aliphatic heterocycles. The fraction of sp³-hybridized carbons (Fsp3) is 0.286. The van der Waals surface area contributed by atoms with Crippen LogP contribution in [0, 0.1) is 0 Å². The molecule has 1 aromatic carbocycles. The molecule has 0 bridgehead atoms. The summed E-state index contributed by atoms with van der Waals surface area (Å²) < 4.78 is 31.0. The van der Waals surface area contributed by atoms with Crippen molar-refractivity contribution in [3.63, 3.8) is 0 Å². The van der Waals surface area contributed by atoms with Crippen LogP contribution < -0.4 is 5.32 Å². The quantitative estimate of drug-likeness (QED) is 0.925. The fourth-order valence-electron chi connectivity index (χ4n) is 2.31. The van der Waals surface area contributed by atoms with Crippen LogP contribution in [0.2, 0.25) is 0 Å². The number of hydrogen-bond donors (Lipinski definition) is 1. The van der Waals surface area contributed by atoms with Crippen LogP contribution in [0.4, 0.5) is 5.69 Å². The topological polar surface area (TPSA) is 92.5 Å². The van der Waals surface area contributed by atoms with Gasteiger partial charge in [-0.25, -0.2) is 8.42 Å². The maximum atomic E-state index is 12.4. The summed E-state index contributed by atoms with van der Waals surface area (Å²) in [6, 6.07) is 7.53. The molecule has 22 heavy (non-hydrogen) atoms. The highest BCUT2D eigenvalue weighted by Crippen LogP contribution is 2.22. The maximum absolute atomic E-state index is 12.4. The highest BCUT2D eigenvalue weighted by Gasteiger charge is 2.26. The van der Waals surface area contributed by atoms with Crippen LogP contribution in [0.5, 0.6) is 0 Å². The predicted molar refractivity (Wildman–Crippen MR) is 78.9 cm³/mol. The molecule has 3 rings (SSSR count). The normalized spacial score (nSPS) is 15.8. The van der Waals surface area contributed by atoms with Crippen molar-refractivity contribution in [1.82, 2.24) is 9.46 Å². The Kier molecular flexibility index (Phi) is 3.95. The average Bonchev–Trinajstić information content (AvgIpc) is 3.21. The highest BCUT2D eigenvalue weighted by molar-refractivity contribution is 7.89. The molecule has 2 aromatic rings. The molecule has 1 aliphatic rings. The lowest BCUT2D eigenvalue weighted by Gasteiger charge is -2.15. The number of sulfonamides is 1. The third kappa shape index (κ3) is 2.88. The summed E-state index contributed by atoms with van der Waals surface area (Å²) in [7, 11) is -3.44. The van der Waals surface area contributed by atoms with E-state index in [1.165, 1.54) is 28.7 Å². The van der Waals surface area contributed by atoms with E-state index in [-0.39, 0.29) is 10.7 Å². The van der Waals surface area contributed by atoms with Gasteiger partial charge in [-0.05, 0) is 37.1 Å².